The lowest BCUT2D eigenvalue weighted by Gasteiger charge is -2.35. The molecule has 0 aromatic heterocycles. The molecule has 1 atom stereocenters. The van der Waals surface area contributed by atoms with Crippen molar-refractivity contribution in [1.82, 2.24) is 0 Å². The summed E-state index contributed by atoms with van der Waals surface area (Å²) < 4.78 is 0. The van der Waals surface area contributed by atoms with Gasteiger partial charge in [-0.15, -0.1) is 0 Å². The van der Waals surface area contributed by atoms with Crippen LogP contribution >= 0.6 is 0 Å². The van der Waals surface area contributed by atoms with E-state index in [1.807, 2.05) is 23.1 Å². The van der Waals surface area contributed by atoms with E-state index in [0.29, 0.717) is 11.6 Å². The maximum atomic E-state index is 11.6. The standard InChI is InChI=1S/C15H16N2O2/c16-12-13(15(19)14(12)18)17-8-4-7-11(9-17)10-5-2-1-3-6-10/h1-3,5-6,11H,4,7-9,16H2. The molecule has 98 valence electrons. The van der Waals surface area contributed by atoms with Crippen molar-refractivity contribution in [1.29, 1.82) is 0 Å². The number of nitrogens with two attached hydrogens (primary N) is 1. The first-order chi connectivity index (χ1) is 9.18. The summed E-state index contributed by atoms with van der Waals surface area (Å²) in [5.41, 5.74) is 6.54. The second-order valence-corrected chi connectivity index (χ2v) is 5.12. The molecule has 0 amide bonds. The zero-order chi connectivity index (χ0) is 13.4. The van der Waals surface area contributed by atoms with Crippen LogP contribution in [0, 0.1) is 0 Å². The van der Waals surface area contributed by atoms with Gasteiger partial charge >= 0.3 is 0 Å². The van der Waals surface area contributed by atoms with E-state index in [9.17, 15) is 9.59 Å². The van der Waals surface area contributed by atoms with E-state index in [0.717, 1.165) is 25.9 Å². The van der Waals surface area contributed by atoms with Gasteiger partial charge in [0.2, 0.25) is 0 Å². The quantitative estimate of drug-likeness (QED) is 0.821. The van der Waals surface area contributed by atoms with E-state index >= 15 is 0 Å². The minimum Gasteiger partial charge on any atom is -0.394 e. The van der Waals surface area contributed by atoms with Gasteiger partial charge in [0, 0.05) is 19.0 Å². The van der Waals surface area contributed by atoms with Crippen molar-refractivity contribution in [2.45, 2.75) is 18.8 Å². The summed E-state index contributed by atoms with van der Waals surface area (Å²) >= 11 is 0. The smallest absolute Gasteiger partial charge is 0.253 e. The SMILES string of the molecule is Nc1c(N2CCCC(c3ccccc3)C2)c(=O)c1=O. The number of benzene rings is 1. The minimum atomic E-state index is -0.531. The normalized spacial score (nSPS) is 19.8. The molecular weight excluding hydrogens is 240 g/mol. The maximum Gasteiger partial charge on any atom is 0.253 e. The molecule has 2 aromatic rings. The summed E-state index contributed by atoms with van der Waals surface area (Å²) in [6, 6.07) is 10.3. The van der Waals surface area contributed by atoms with Gasteiger partial charge in [0.1, 0.15) is 11.4 Å². The Labute approximate surface area is 111 Å². The summed E-state index contributed by atoms with van der Waals surface area (Å²) in [4.78, 5) is 24.8. The molecule has 0 bridgehead atoms. The molecule has 1 heterocycles. The van der Waals surface area contributed by atoms with Crippen LogP contribution in [-0.4, -0.2) is 13.1 Å². The molecule has 1 unspecified atom stereocenters. The molecular formula is C15H16N2O2. The lowest BCUT2D eigenvalue weighted by atomic mass is 9.90. The van der Waals surface area contributed by atoms with Gasteiger partial charge in [-0.2, -0.15) is 0 Å². The molecule has 4 heteroatoms. The Morgan fingerprint density at radius 3 is 2.53 bits per heavy atom. The van der Waals surface area contributed by atoms with Gasteiger partial charge < -0.3 is 10.6 Å². The van der Waals surface area contributed by atoms with Crippen molar-refractivity contribution in [3.8, 4) is 0 Å². The molecule has 2 N–H and O–H groups in total. The van der Waals surface area contributed by atoms with Crippen LogP contribution in [0.25, 0.3) is 0 Å². The summed E-state index contributed by atoms with van der Waals surface area (Å²) in [7, 11) is 0. The molecule has 1 saturated heterocycles. The molecule has 0 aliphatic carbocycles. The van der Waals surface area contributed by atoms with Crippen LogP contribution < -0.4 is 21.5 Å². The van der Waals surface area contributed by atoms with Gasteiger partial charge in [0.15, 0.2) is 0 Å². The summed E-state index contributed by atoms with van der Waals surface area (Å²) in [6.07, 6.45) is 2.12. The highest BCUT2D eigenvalue weighted by Gasteiger charge is 2.28. The Kier molecular flexibility index (Phi) is 2.85. The number of nitrogens with zero attached hydrogens (tertiary/aromatic N) is 1. The van der Waals surface area contributed by atoms with Crippen LogP contribution in [0.15, 0.2) is 39.9 Å². The highest BCUT2D eigenvalue weighted by Crippen LogP contribution is 2.30. The maximum absolute atomic E-state index is 11.6. The molecule has 19 heavy (non-hydrogen) atoms. The van der Waals surface area contributed by atoms with Gasteiger partial charge in [-0.3, -0.25) is 9.59 Å². The molecule has 1 aliphatic rings. The Balaban J connectivity index is 1.83. The molecule has 1 fully saturated rings. The number of piperidine rings is 1. The van der Waals surface area contributed by atoms with E-state index in [1.54, 1.807) is 0 Å². The van der Waals surface area contributed by atoms with Crippen LogP contribution in [0.5, 0.6) is 0 Å². The lowest BCUT2D eigenvalue weighted by Crippen LogP contribution is -2.45. The first kappa shape index (κ1) is 12.0. The third-order valence-corrected chi connectivity index (χ3v) is 3.93. The Hall–Kier alpha value is -2.10. The first-order valence-electron chi connectivity index (χ1n) is 6.57. The summed E-state index contributed by atoms with van der Waals surface area (Å²) in [6.45, 7) is 1.57. The Morgan fingerprint density at radius 2 is 1.84 bits per heavy atom. The second kappa shape index (κ2) is 4.53. The van der Waals surface area contributed by atoms with Crippen LogP contribution in [0.3, 0.4) is 0 Å². The average Bonchev–Trinajstić information content (AvgIpc) is 2.48. The zero-order valence-corrected chi connectivity index (χ0v) is 10.6. The molecule has 1 aliphatic heterocycles. The molecule has 4 nitrogen and oxygen atoms in total. The van der Waals surface area contributed by atoms with E-state index in [4.69, 9.17) is 5.73 Å². The Bertz CT molecular complexity index is 656. The lowest BCUT2D eigenvalue weighted by molar-refractivity contribution is 0.509. The number of anilines is 2. The van der Waals surface area contributed by atoms with E-state index < -0.39 is 10.9 Å². The van der Waals surface area contributed by atoms with Crippen LogP contribution in [0.2, 0.25) is 0 Å². The van der Waals surface area contributed by atoms with Crippen molar-refractivity contribution in [2.75, 3.05) is 23.7 Å². The highest BCUT2D eigenvalue weighted by atomic mass is 16.2. The van der Waals surface area contributed by atoms with Crippen molar-refractivity contribution in [3.05, 3.63) is 56.3 Å². The predicted octanol–water partition coefficient (Wildman–Crippen LogP) is 1.25. The van der Waals surface area contributed by atoms with Gasteiger partial charge in [-0.25, -0.2) is 0 Å². The average molecular weight is 256 g/mol. The molecule has 2 aromatic carbocycles. The predicted molar refractivity (Wildman–Crippen MR) is 76.4 cm³/mol. The number of nitrogen functional groups attached to an aromatic ring is 1. The van der Waals surface area contributed by atoms with E-state index in [2.05, 4.69) is 12.1 Å². The van der Waals surface area contributed by atoms with Gasteiger partial charge in [-0.1, -0.05) is 30.3 Å². The first-order valence-corrected chi connectivity index (χ1v) is 6.57. The fourth-order valence-corrected chi connectivity index (χ4v) is 2.89. The molecule has 0 radical (unpaired) electrons. The Morgan fingerprint density at radius 1 is 1.11 bits per heavy atom. The van der Waals surface area contributed by atoms with Gasteiger partial charge in [0.25, 0.3) is 10.9 Å². The summed E-state index contributed by atoms with van der Waals surface area (Å²) in [5, 5.41) is 0. The van der Waals surface area contributed by atoms with E-state index in [-0.39, 0.29) is 5.69 Å². The number of rotatable bonds is 2. The summed E-state index contributed by atoms with van der Waals surface area (Å²) in [5.74, 6) is 0.402. The highest BCUT2D eigenvalue weighted by molar-refractivity contribution is 5.72. The number of hydrogen-bond acceptors (Lipinski definition) is 4. The van der Waals surface area contributed by atoms with Crippen molar-refractivity contribution >= 4 is 11.4 Å². The van der Waals surface area contributed by atoms with Crippen LogP contribution in [-0.2, 0) is 0 Å². The molecule has 3 rings (SSSR count). The molecule has 0 spiro atoms. The van der Waals surface area contributed by atoms with Gasteiger partial charge in [-0.05, 0) is 18.4 Å². The largest absolute Gasteiger partial charge is 0.394 e. The fourth-order valence-electron chi connectivity index (χ4n) is 2.89. The van der Waals surface area contributed by atoms with Crippen LogP contribution in [0.1, 0.15) is 24.3 Å². The zero-order valence-electron chi connectivity index (χ0n) is 10.6. The minimum absolute atomic E-state index is 0.138. The third kappa shape index (κ3) is 1.93. The van der Waals surface area contributed by atoms with Crippen LogP contribution in [0.4, 0.5) is 11.4 Å². The topological polar surface area (TPSA) is 63.4 Å². The molecule has 0 saturated carbocycles. The number of hydrogen-bond donors (Lipinski definition) is 1. The third-order valence-electron chi connectivity index (χ3n) is 3.93. The fraction of sp³-hybridized carbons (Fsp3) is 0.333. The van der Waals surface area contributed by atoms with Crippen molar-refractivity contribution < 1.29 is 0 Å². The van der Waals surface area contributed by atoms with Crippen molar-refractivity contribution in [2.24, 2.45) is 0 Å². The van der Waals surface area contributed by atoms with E-state index in [1.165, 1.54) is 5.56 Å². The van der Waals surface area contributed by atoms with Gasteiger partial charge in [0.05, 0.1) is 0 Å². The second-order valence-electron chi connectivity index (χ2n) is 5.12. The van der Waals surface area contributed by atoms with Crippen molar-refractivity contribution in [3.63, 3.8) is 0 Å². The monoisotopic (exact) mass is 256 g/mol.